The van der Waals surface area contributed by atoms with Gasteiger partial charge in [0.15, 0.2) is 0 Å². The second-order valence-electron chi connectivity index (χ2n) is 15.3. The van der Waals surface area contributed by atoms with E-state index in [1.165, 1.54) is 81.4 Å². The second kappa shape index (κ2) is 17.3. The van der Waals surface area contributed by atoms with Crippen molar-refractivity contribution in [2.24, 2.45) is 11.3 Å². The molecule has 338 valence electrons. The van der Waals surface area contributed by atoms with Crippen molar-refractivity contribution in [1.29, 1.82) is 0 Å². The van der Waals surface area contributed by atoms with E-state index in [1.54, 1.807) is 0 Å². The third-order valence-electron chi connectivity index (χ3n) is 11.6. The van der Waals surface area contributed by atoms with E-state index in [1.807, 2.05) is 0 Å². The molecule has 62 heavy (non-hydrogen) atoms. The molecule has 1 unspecified atom stereocenters. The molecule has 0 spiro atoms. The molecule has 19 heteroatoms. The van der Waals surface area contributed by atoms with E-state index in [-0.39, 0.29) is 0 Å². The highest BCUT2D eigenvalue weighted by molar-refractivity contribution is 5.84. The van der Waals surface area contributed by atoms with Crippen molar-refractivity contribution in [3.8, 4) is 0 Å². The Morgan fingerprint density at radius 3 is 1.37 bits per heavy atom. The van der Waals surface area contributed by atoms with Gasteiger partial charge in [-0.2, -0.15) is 39.5 Å². The van der Waals surface area contributed by atoms with E-state index < -0.39 is 118 Å². The van der Waals surface area contributed by atoms with Gasteiger partial charge >= 0.3 is 36.4 Å². The van der Waals surface area contributed by atoms with Crippen molar-refractivity contribution in [3.63, 3.8) is 0 Å². The molecule has 5 rings (SSSR count). The Hall–Kier alpha value is -4.98. The Balaban J connectivity index is 1.58. The minimum Gasteiger partial charge on any atom is -0.456 e. The molecule has 1 heterocycles. The van der Waals surface area contributed by atoms with Crippen molar-refractivity contribution in [2.75, 3.05) is 27.9 Å². The number of halogens is 9. The largest absolute Gasteiger partial charge is 0.456 e. The molecule has 10 nitrogen and oxygen atoms in total. The Labute approximate surface area is 350 Å². The molecule has 1 aliphatic heterocycles. The van der Waals surface area contributed by atoms with Gasteiger partial charge in [0.25, 0.3) is 16.8 Å². The fourth-order valence-corrected chi connectivity index (χ4v) is 8.45. The van der Waals surface area contributed by atoms with Crippen LogP contribution in [0.5, 0.6) is 0 Å². The molecular formula is C43H43F9O10. The Kier molecular flexibility index (Phi) is 13.4. The molecule has 0 radical (unpaired) electrons. The average Bonchev–Trinajstić information content (AvgIpc) is 3.39. The van der Waals surface area contributed by atoms with Crippen LogP contribution in [0.3, 0.4) is 0 Å². The molecule has 0 aromatic heterocycles. The van der Waals surface area contributed by atoms with E-state index in [4.69, 9.17) is 33.2 Å². The highest BCUT2D eigenvalue weighted by atomic mass is 19.4. The summed E-state index contributed by atoms with van der Waals surface area (Å²) in [6.07, 6.45) is -19.9. The number of fused-ring (bicyclic) bond motifs is 2. The lowest BCUT2D eigenvalue weighted by molar-refractivity contribution is -0.290. The van der Waals surface area contributed by atoms with Crippen LogP contribution in [0.25, 0.3) is 0 Å². The number of rotatable bonds is 14. The first kappa shape index (κ1) is 48.1. The van der Waals surface area contributed by atoms with Crippen LogP contribution in [0.1, 0.15) is 43.9 Å². The molecule has 1 saturated heterocycles. The van der Waals surface area contributed by atoms with Gasteiger partial charge in [0.05, 0.1) is 12.2 Å². The van der Waals surface area contributed by atoms with Crippen molar-refractivity contribution < 1.29 is 87.1 Å². The summed E-state index contributed by atoms with van der Waals surface area (Å²) in [4.78, 5) is 41.5. The highest BCUT2D eigenvalue weighted by Crippen LogP contribution is 2.58. The molecule has 1 aliphatic carbocycles. The van der Waals surface area contributed by atoms with Crippen LogP contribution in [-0.2, 0) is 64.3 Å². The van der Waals surface area contributed by atoms with E-state index in [2.05, 4.69) is 0 Å². The zero-order valence-electron chi connectivity index (χ0n) is 34.0. The maximum atomic E-state index is 15.1. The van der Waals surface area contributed by atoms with E-state index in [0.717, 1.165) is 42.5 Å². The van der Waals surface area contributed by atoms with Gasteiger partial charge in [-0.1, -0.05) is 104 Å². The van der Waals surface area contributed by atoms with Gasteiger partial charge < -0.3 is 33.2 Å². The van der Waals surface area contributed by atoms with Crippen molar-refractivity contribution in [2.45, 2.75) is 86.4 Å². The van der Waals surface area contributed by atoms with Gasteiger partial charge in [0.1, 0.15) is 18.3 Å². The number of methoxy groups -OCH3 is 3. The average molecular weight is 891 g/mol. The van der Waals surface area contributed by atoms with E-state index >= 15 is 26.3 Å². The van der Waals surface area contributed by atoms with Gasteiger partial charge in [-0.3, -0.25) is 0 Å². The smallest absolute Gasteiger partial charge is 0.432 e. The normalized spacial score (nSPS) is 26.4. The molecule has 3 aromatic carbocycles. The van der Waals surface area contributed by atoms with E-state index in [0.29, 0.717) is 21.3 Å². The zero-order chi connectivity index (χ0) is 46.2. The SMILES string of the molecule is CO[C@](C(=O)O[C@H](C)/C=C/C1[C@@]2(C)C[C@@H](OC(=O)[C@@](OC)(c3ccccc3)C(F)(F)F)[C@H](OC(=O)[C@@](OC)(c3ccccc3)C(F)(F)F)[C@]1(C)CO2)(c1ccccc1)C(F)(F)F. The summed E-state index contributed by atoms with van der Waals surface area (Å²) in [7, 11) is 1.87. The van der Waals surface area contributed by atoms with Crippen LogP contribution in [-0.4, -0.2) is 88.3 Å². The quantitative estimate of drug-likeness (QED) is 0.0677. The Morgan fingerprint density at radius 2 is 1.00 bits per heavy atom. The van der Waals surface area contributed by atoms with E-state index in [9.17, 15) is 27.6 Å². The minimum absolute atomic E-state index is 0.474. The number of carbonyl (C=O) groups excluding carboxylic acids is 3. The lowest BCUT2D eigenvalue weighted by Crippen LogP contribution is -2.62. The first-order valence-corrected chi connectivity index (χ1v) is 18.8. The first-order valence-electron chi connectivity index (χ1n) is 18.8. The Morgan fingerprint density at radius 1 is 0.629 bits per heavy atom. The number of hydrogen-bond acceptors (Lipinski definition) is 10. The van der Waals surface area contributed by atoms with Crippen LogP contribution < -0.4 is 0 Å². The van der Waals surface area contributed by atoms with Crippen LogP contribution in [0.4, 0.5) is 39.5 Å². The monoisotopic (exact) mass is 890 g/mol. The molecule has 2 fully saturated rings. The standard InChI is InChI=1S/C43H43F9O10/c1-26(60-33(53)38(56-4,41(44,45)46)27-16-10-7-11-17-27)22-23-31-36(2)25-59-37(31,3)24-30(61-34(54)39(57-5,42(47,48)49)28-18-12-8-13-19-28)32(36)62-35(55)40(58-6,43(50,51)52)29-20-14-9-15-21-29/h7-23,26,30-32H,24-25H2,1-6H3/b23-22+/t26-,30-,31?,32+,36-,37-,38+,39+,40+/m1/s1. The molecule has 2 bridgehead atoms. The van der Waals surface area contributed by atoms with Gasteiger partial charge in [-0.05, 0) is 19.9 Å². The molecule has 1 saturated carbocycles. The highest BCUT2D eigenvalue weighted by Gasteiger charge is 2.71. The summed E-state index contributed by atoms with van der Waals surface area (Å²) in [5.74, 6) is -7.08. The molecule has 2 aliphatic rings. The van der Waals surface area contributed by atoms with Crippen molar-refractivity contribution in [3.05, 3.63) is 120 Å². The predicted molar refractivity (Wildman–Crippen MR) is 199 cm³/mol. The summed E-state index contributed by atoms with van der Waals surface area (Å²) < 4.78 is 171. The second-order valence-corrected chi connectivity index (χ2v) is 15.3. The number of ether oxygens (including phenoxy) is 7. The summed E-state index contributed by atoms with van der Waals surface area (Å²) in [5, 5.41) is 0. The molecule has 9 atom stereocenters. The number of esters is 3. The van der Waals surface area contributed by atoms with Crippen molar-refractivity contribution >= 4 is 17.9 Å². The van der Waals surface area contributed by atoms with Gasteiger partial charge in [-0.25, -0.2) is 14.4 Å². The first-order chi connectivity index (χ1) is 28.9. The summed E-state index contributed by atoms with van der Waals surface area (Å²) in [5.41, 5.74) is -16.5. The zero-order valence-corrected chi connectivity index (χ0v) is 34.0. The maximum Gasteiger partial charge on any atom is 0.432 e. The van der Waals surface area contributed by atoms with Crippen LogP contribution in [0.15, 0.2) is 103 Å². The third-order valence-corrected chi connectivity index (χ3v) is 11.6. The summed E-state index contributed by atoms with van der Waals surface area (Å²) in [6.45, 7) is 3.50. The van der Waals surface area contributed by atoms with Gasteiger partial charge in [0.2, 0.25) is 0 Å². The maximum absolute atomic E-state index is 15.1. The fourth-order valence-electron chi connectivity index (χ4n) is 8.45. The minimum atomic E-state index is -5.51. The lowest BCUT2D eigenvalue weighted by atomic mass is 9.60. The van der Waals surface area contributed by atoms with Crippen molar-refractivity contribution in [1.82, 2.24) is 0 Å². The number of alkyl halides is 9. The molecule has 3 aromatic rings. The third kappa shape index (κ3) is 7.96. The number of carbonyl (C=O) groups is 3. The van der Waals surface area contributed by atoms with Gasteiger partial charge in [0, 0.05) is 55.8 Å². The fraction of sp³-hybridized carbons (Fsp3) is 0.465. The summed E-state index contributed by atoms with van der Waals surface area (Å²) >= 11 is 0. The molecule has 0 N–H and O–H groups in total. The Bertz CT molecular complexity index is 2080. The summed E-state index contributed by atoms with van der Waals surface area (Å²) in [6, 6.07) is 17.2. The topological polar surface area (TPSA) is 116 Å². The lowest BCUT2D eigenvalue weighted by Gasteiger charge is -2.49. The molecule has 0 amide bonds. The molecular weight excluding hydrogens is 847 g/mol. The van der Waals surface area contributed by atoms with Crippen LogP contribution >= 0.6 is 0 Å². The predicted octanol–water partition coefficient (Wildman–Crippen LogP) is 8.43. The number of hydrogen-bond donors (Lipinski definition) is 0. The van der Waals surface area contributed by atoms with Crippen LogP contribution in [0, 0.1) is 11.3 Å². The number of benzene rings is 3. The van der Waals surface area contributed by atoms with Gasteiger partial charge in [-0.15, -0.1) is 0 Å². The van der Waals surface area contributed by atoms with Crippen LogP contribution in [0.2, 0.25) is 0 Å².